The van der Waals surface area contributed by atoms with E-state index in [0.29, 0.717) is 11.5 Å². The maximum atomic E-state index is 5.68. The van der Waals surface area contributed by atoms with E-state index in [1.165, 1.54) is 32.5 Å². The average molecular weight is 268 g/mol. The van der Waals surface area contributed by atoms with Gasteiger partial charge in [-0.2, -0.15) is 0 Å². The Hall–Kier alpha value is -0.120. The molecule has 0 spiro atoms. The zero-order valence-corrected chi connectivity index (χ0v) is 13.5. The Bertz CT molecular complexity index is 285. The van der Waals surface area contributed by atoms with Crippen LogP contribution in [0.5, 0.6) is 0 Å². The summed E-state index contributed by atoms with van der Waals surface area (Å²) in [5.41, 5.74) is 0.465. The van der Waals surface area contributed by atoms with Crippen molar-refractivity contribution in [3.63, 3.8) is 0 Å². The normalized spacial score (nSPS) is 28.7. The van der Waals surface area contributed by atoms with Crippen LogP contribution in [0.2, 0.25) is 0 Å². The highest BCUT2D eigenvalue weighted by Gasteiger charge is 2.42. The fourth-order valence-electron chi connectivity index (χ4n) is 3.26. The first-order chi connectivity index (χ1) is 8.85. The molecule has 2 saturated heterocycles. The van der Waals surface area contributed by atoms with Crippen LogP contribution < -0.4 is 0 Å². The van der Waals surface area contributed by atoms with Gasteiger partial charge in [-0.05, 0) is 38.6 Å². The van der Waals surface area contributed by atoms with Crippen molar-refractivity contribution in [1.29, 1.82) is 0 Å². The molecule has 2 rings (SSSR count). The second kappa shape index (κ2) is 6.11. The molecular formula is C16H32N2O. The van der Waals surface area contributed by atoms with E-state index >= 15 is 0 Å². The molecule has 2 atom stereocenters. The molecule has 2 fully saturated rings. The van der Waals surface area contributed by atoms with Crippen LogP contribution in [-0.2, 0) is 4.74 Å². The van der Waals surface area contributed by atoms with Gasteiger partial charge in [0, 0.05) is 31.7 Å². The molecule has 3 heteroatoms. The van der Waals surface area contributed by atoms with Crippen molar-refractivity contribution in [2.45, 2.75) is 65.6 Å². The summed E-state index contributed by atoms with van der Waals surface area (Å²) in [4.78, 5) is 5.36. The fourth-order valence-corrected chi connectivity index (χ4v) is 3.26. The lowest BCUT2D eigenvalue weighted by Crippen LogP contribution is -2.47. The molecule has 112 valence electrons. The van der Waals surface area contributed by atoms with Crippen LogP contribution >= 0.6 is 0 Å². The first-order valence-corrected chi connectivity index (χ1v) is 7.95. The van der Waals surface area contributed by atoms with E-state index < -0.39 is 0 Å². The van der Waals surface area contributed by atoms with Crippen molar-refractivity contribution in [2.24, 2.45) is 5.41 Å². The summed E-state index contributed by atoms with van der Waals surface area (Å²) < 4.78 is 5.68. The second-order valence-electron chi connectivity index (χ2n) is 7.76. The van der Waals surface area contributed by atoms with E-state index in [1.807, 2.05) is 0 Å². The van der Waals surface area contributed by atoms with E-state index in [1.54, 1.807) is 0 Å². The Balaban J connectivity index is 1.69. The van der Waals surface area contributed by atoms with E-state index in [-0.39, 0.29) is 0 Å². The molecule has 0 unspecified atom stereocenters. The third-order valence-electron chi connectivity index (χ3n) is 4.45. The third-order valence-corrected chi connectivity index (χ3v) is 4.45. The molecule has 0 amide bonds. The molecule has 2 aliphatic rings. The molecule has 19 heavy (non-hydrogen) atoms. The maximum Gasteiger partial charge on any atom is 0.0597 e. The van der Waals surface area contributed by atoms with Crippen molar-refractivity contribution in [1.82, 2.24) is 9.80 Å². The highest BCUT2D eigenvalue weighted by Crippen LogP contribution is 2.31. The quantitative estimate of drug-likeness (QED) is 0.736. The molecule has 0 aromatic carbocycles. The average Bonchev–Trinajstić information content (AvgIpc) is 2.84. The lowest BCUT2D eigenvalue weighted by molar-refractivity contribution is 0.0417. The maximum absolute atomic E-state index is 5.68. The van der Waals surface area contributed by atoms with Crippen molar-refractivity contribution in [2.75, 3.05) is 32.8 Å². The summed E-state index contributed by atoms with van der Waals surface area (Å²) in [6.45, 7) is 17.1. The molecule has 0 aliphatic carbocycles. The van der Waals surface area contributed by atoms with Crippen LogP contribution in [-0.4, -0.2) is 60.8 Å². The molecule has 0 N–H and O–H groups in total. The van der Waals surface area contributed by atoms with Gasteiger partial charge in [0.2, 0.25) is 0 Å². The Morgan fingerprint density at radius 3 is 2.11 bits per heavy atom. The minimum atomic E-state index is 0.364. The highest BCUT2D eigenvalue weighted by molar-refractivity contribution is 4.99. The highest BCUT2D eigenvalue weighted by atomic mass is 16.5. The standard InChI is InChI=1S/C16H32N2O/c1-13(2)19-9-8-18-12-14-10-15(18)11-17(14)7-6-16(3,4)5/h13-15H,6-12H2,1-5H3/t14-,15-/m1/s1. The topological polar surface area (TPSA) is 15.7 Å². The molecular weight excluding hydrogens is 236 g/mol. The molecule has 3 nitrogen and oxygen atoms in total. The van der Waals surface area contributed by atoms with E-state index in [9.17, 15) is 0 Å². The lowest BCUT2D eigenvalue weighted by atomic mass is 9.92. The van der Waals surface area contributed by atoms with Gasteiger partial charge in [-0.15, -0.1) is 0 Å². The van der Waals surface area contributed by atoms with Crippen LogP contribution in [0.1, 0.15) is 47.5 Å². The van der Waals surface area contributed by atoms with Gasteiger partial charge in [0.25, 0.3) is 0 Å². The molecule has 0 aromatic rings. The zero-order chi connectivity index (χ0) is 14.0. The predicted molar refractivity (Wildman–Crippen MR) is 80.5 cm³/mol. The van der Waals surface area contributed by atoms with Gasteiger partial charge >= 0.3 is 0 Å². The van der Waals surface area contributed by atoms with E-state index in [0.717, 1.165) is 25.2 Å². The summed E-state index contributed by atoms with van der Waals surface area (Å²) in [7, 11) is 0. The summed E-state index contributed by atoms with van der Waals surface area (Å²) >= 11 is 0. The largest absolute Gasteiger partial charge is 0.377 e. The van der Waals surface area contributed by atoms with Crippen molar-refractivity contribution in [3.05, 3.63) is 0 Å². The summed E-state index contributed by atoms with van der Waals surface area (Å²) in [5.74, 6) is 0. The van der Waals surface area contributed by atoms with Crippen LogP contribution in [0.4, 0.5) is 0 Å². The zero-order valence-electron chi connectivity index (χ0n) is 13.5. The van der Waals surface area contributed by atoms with Gasteiger partial charge in [-0.3, -0.25) is 9.80 Å². The van der Waals surface area contributed by atoms with Gasteiger partial charge in [0.15, 0.2) is 0 Å². The number of fused-ring (bicyclic) bond motifs is 2. The Morgan fingerprint density at radius 2 is 1.63 bits per heavy atom. The van der Waals surface area contributed by atoms with Crippen LogP contribution in [0.25, 0.3) is 0 Å². The first-order valence-electron chi connectivity index (χ1n) is 7.95. The molecule has 2 bridgehead atoms. The monoisotopic (exact) mass is 268 g/mol. The number of likely N-dealkylation sites (tertiary alicyclic amines) is 2. The third kappa shape index (κ3) is 4.44. The number of nitrogens with zero attached hydrogens (tertiary/aromatic N) is 2. The predicted octanol–water partition coefficient (Wildman–Crippen LogP) is 2.61. The van der Waals surface area contributed by atoms with Crippen LogP contribution in [0, 0.1) is 5.41 Å². The summed E-state index contributed by atoms with van der Waals surface area (Å²) in [6, 6.07) is 1.60. The second-order valence-corrected chi connectivity index (χ2v) is 7.76. The van der Waals surface area contributed by atoms with E-state index in [2.05, 4.69) is 44.4 Å². The number of ether oxygens (including phenoxy) is 1. The molecule has 2 aliphatic heterocycles. The Labute approximate surface area is 119 Å². The van der Waals surface area contributed by atoms with Gasteiger partial charge in [-0.1, -0.05) is 20.8 Å². The SMILES string of the molecule is CC(C)OCCN1C[C@H]2C[C@@H]1CN2CCC(C)(C)C. The van der Waals surface area contributed by atoms with Crippen molar-refractivity contribution in [3.8, 4) is 0 Å². The smallest absolute Gasteiger partial charge is 0.0597 e. The Morgan fingerprint density at radius 1 is 1.05 bits per heavy atom. The number of hydrogen-bond acceptors (Lipinski definition) is 3. The van der Waals surface area contributed by atoms with Crippen LogP contribution in [0.3, 0.4) is 0 Å². The van der Waals surface area contributed by atoms with Crippen LogP contribution in [0.15, 0.2) is 0 Å². The minimum Gasteiger partial charge on any atom is -0.377 e. The summed E-state index contributed by atoms with van der Waals surface area (Å²) in [5, 5.41) is 0. The molecule has 2 heterocycles. The number of rotatable bonds is 6. The van der Waals surface area contributed by atoms with Crippen molar-refractivity contribution < 1.29 is 4.74 Å². The van der Waals surface area contributed by atoms with E-state index in [4.69, 9.17) is 4.74 Å². The Kier molecular flexibility index (Phi) is 4.91. The minimum absolute atomic E-state index is 0.364. The number of piperazine rings is 1. The molecule has 0 aromatic heterocycles. The van der Waals surface area contributed by atoms with Gasteiger partial charge < -0.3 is 4.74 Å². The van der Waals surface area contributed by atoms with Gasteiger partial charge in [0.05, 0.1) is 12.7 Å². The summed E-state index contributed by atoms with van der Waals surface area (Å²) in [6.07, 6.45) is 3.06. The number of hydrogen-bond donors (Lipinski definition) is 0. The van der Waals surface area contributed by atoms with Crippen molar-refractivity contribution >= 4 is 0 Å². The van der Waals surface area contributed by atoms with Gasteiger partial charge in [0.1, 0.15) is 0 Å². The molecule has 0 radical (unpaired) electrons. The fraction of sp³-hybridized carbons (Fsp3) is 1.00. The lowest BCUT2D eigenvalue weighted by Gasteiger charge is -2.35. The van der Waals surface area contributed by atoms with Gasteiger partial charge in [-0.25, -0.2) is 0 Å². The first kappa shape index (κ1) is 15.3. The molecule has 0 saturated carbocycles.